The zero-order chi connectivity index (χ0) is 17.9. The Labute approximate surface area is 140 Å². The monoisotopic (exact) mass is 344 g/mol. The van der Waals surface area contributed by atoms with Gasteiger partial charge in [0.25, 0.3) is 0 Å². The molecule has 0 radical (unpaired) electrons. The highest BCUT2D eigenvalue weighted by atomic mass is 19.4. The van der Waals surface area contributed by atoms with E-state index < -0.39 is 17.5 Å². The van der Waals surface area contributed by atoms with E-state index >= 15 is 0 Å². The molecule has 0 aliphatic rings. The standard InChI is InChI=1S/C17H11F3N4O/c18-17(19,20)15-7-2-1-4-12(15)8-9-16(25)13-5-3-6-14(10-13)24-11-21-22-23-24/h1-11H/b9-8+. The molecule has 0 unspecified atom stereocenters. The molecule has 1 heterocycles. The van der Waals surface area contributed by atoms with E-state index in [0.29, 0.717) is 11.3 Å². The molecular formula is C17H11F3N4O. The van der Waals surface area contributed by atoms with Crippen LogP contribution in [0.5, 0.6) is 0 Å². The fraction of sp³-hybridized carbons (Fsp3) is 0.0588. The number of hydrogen-bond donors (Lipinski definition) is 0. The number of aromatic nitrogens is 4. The number of alkyl halides is 3. The summed E-state index contributed by atoms with van der Waals surface area (Å²) in [6, 6.07) is 11.5. The second kappa shape index (κ2) is 6.68. The summed E-state index contributed by atoms with van der Waals surface area (Å²) in [6.07, 6.45) is -0.832. The van der Waals surface area contributed by atoms with Gasteiger partial charge in [-0.15, -0.1) is 5.10 Å². The highest BCUT2D eigenvalue weighted by Gasteiger charge is 2.32. The Hall–Kier alpha value is -3.29. The number of ketones is 1. The maximum absolute atomic E-state index is 13.0. The Morgan fingerprint density at radius 1 is 1.08 bits per heavy atom. The largest absolute Gasteiger partial charge is 0.416 e. The van der Waals surface area contributed by atoms with Crippen molar-refractivity contribution in [1.82, 2.24) is 20.2 Å². The zero-order valence-electron chi connectivity index (χ0n) is 12.7. The van der Waals surface area contributed by atoms with Crippen molar-refractivity contribution in [3.8, 4) is 5.69 Å². The predicted molar refractivity (Wildman–Crippen MR) is 84.0 cm³/mol. The summed E-state index contributed by atoms with van der Waals surface area (Å²) in [5, 5.41) is 10.7. The average Bonchev–Trinajstić information content (AvgIpc) is 3.14. The maximum atomic E-state index is 13.0. The predicted octanol–water partition coefficient (Wildman–Crippen LogP) is 3.58. The quantitative estimate of drug-likeness (QED) is 0.536. The van der Waals surface area contributed by atoms with Gasteiger partial charge in [-0.25, -0.2) is 4.68 Å². The summed E-state index contributed by atoms with van der Waals surface area (Å²) in [6.45, 7) is 0. The Kier molecular flexibility index (Phi) is 4.42. The summed E-state index contributed by atoms with van der Waals surface area (Å²) < 4.78 is 40.3. The first-order valence-corrected chi connectivity index (χ1v) is 7.17. The third kappa shape index (κ3) is 3.79. The summed E-state index contributed by atoms with van der Waals surface area (Å²) in [5.41, 5.74) is 0.0233. The Morgan fingerprint density at radius 3 is 2.60 bits per heavy atom. The highest BCUT2D eigenvalue weighted by Crippen LogP contribution is 2.32. The fourth-order valence-corrected chi connectivity index (χ4v) is 2.24. The third-order valence-electron chi connectivity index (χ3n) is 3.42. The van der Waals surface area contributed by atoms with Crippen molar-refractivity contribution in [2.75, 3.05) is 0 Å². The number of tetrazole rings is 1. The van der Waals surface area contributed by atoms with Gasteiger partial charge < -0.3 is 0 Å². The minimum absolute atomic E-state index is 0.0695. The number of allylic oxidation sites excluding steroid dienone is 1. The van der Waals surface area contributed by atoms with Crippen molar-refractivity contribution in [2.24, 2.45) is 0 Å². The lowest BCUT2D eigenvalue weighted by atomic mass is 10.0. The molecule has 0 fully saturated rings. The average molecular weight is 344 g/mol. The van der Waals surface area contributed by atoms with Crippen molar-refractivity contribution in [3.63, 3.8) is 0 Å². The molecule has 3 aromatic rings. The lowest BCUT2D eigenvalue weighted by Crippen LogP contribution is -2.07. The molecular weight excluding hydrogens is 333 g/mol. The molecule has 0 N–H and O–H groups in total. The van der Waals surface area contributed by atoms with Crippen LogP contribution in [-0.4, -0.2) is 26.0 Å². The second-order valence-electron chi connectivity index (χ2n) is 5.09. The number of carbonyl (C=O) groups excluding carboxylic acids is 1. The number of hydrogen-bond acceptors (Lipinski definition) is 4. The van der Waals surface area contributed by atoms with Gasteiger partial charge in [0.15, 0.2) is 5.78 Å². The summed E-state index contributed by atoms with van der Waals surface area (Å²) in [7, 11) is 0. The Morgan fingerprint density at radius 2 is 1.88 bits per heavy atom. The molecule has 0 aliphatic carbocycles. The molecule has 3 rings (SSSR count). The minimum atomic E-state index is -4.48. The maximum Gasteiger partial charge on any atom is 0.416 e. The van der Waals surface area contributed by atoms with E-state index in [1.54, 1.807) is 24.3 Å². The molecule has 8 heteroatoms. The second-order valence-corrected chi connectivity index (χ2v) is 5.09. The van der Waals surface area contributed by atoms with Gasteiger partial charge >= 0.3 is 6.18 Å². The molecule has 126 valence electrons. The Balaban J connectivity index is 1.86. The van der Waals surface area contributed by atoms with E-state index in [2.05, 4.69) is 15.5 Å². The molecule has 0 atom stereocenters. The minimum Gasteiger partial charge on any atom is -0.289 e. The number of rotatable bonds is 4. The molecule has 0 bridgehead atoms. The van der Waals surface area contributed by atoms with Crippen molar-refractivity contribution in [1.29, 1.82) is 0 Å². The molecule has 25 heavy (non-hydrogen) atoms. The topological polar surface area (TPSA) is 60.7 Å². The SMILES string of the molecule is O=C(/C=C/c1ccccc1C(F)(F)F)c1cccc(-n2cnnn2)c1. The van der Waals surface area contributed by atoms with Gasteiger partial charge in [0, 0.05) is 5.56 Å². The summed E-state index contributed by atoms with van der Waals surface area (Å²) >= 11 is 0. The van der Waals surface area contributed by atoms with Crippen molar-refractivity contribution < 1.29 is 18.0 Å². The van der Waals surface area contributed by atoms with Crippen molar-refractivity contribution in [3.05, 3.63) is 77.6 Å². The van der Waals surface area contributed by atoms with Crippen LogP contribution >= 0.6 is 0 Å². The van der Waals surface area contributed by atoms with Crippen molar-refractivity contribution >= 4 is 11.9 Å². The summed E-state index contributed by atoms with van der Waals surface area (Å²) in [4.78, 5) is 12.3. The number of benzene rings is 2. The van der Waals surface area contributed by atoms with E-state index in [1.165, 1.54) is 29.2 Å². The normalized spacial score (nSPS) is 11.8. The molecule has 5 nitrogen and oxygen atoms in total. The van der Waals surface area contributed by atoms with Crippen LogP contribution in [0, 0.1) is 0 Å². The number of halogens is 3. The van der Waals surface area contributed by atoms with Gasteiger partial charge in [0.1, 0.15) is 6.33 Å². The fourth-order valence-electron chi connectivity index (χ4n) is 2.24. The van der Waals surface area contributed by atoms with Gasteiger partial charge in [0.2, 0.25) is 0 Å². The first-order valence-electron chi connectivity index (χ1n) is 7.17. The van der Waals surface area contributed by atoms with Gasteiger partial charge in [-0.05, 0) is 40.3 Å². The van der Waals surface area contributed by atoms with Crippen LogP contribution in [0.3, 0.4) is 0 Å². The third-order valence-corrected chi connectivity index (χ3v) is 3.42. The smallest absolute Gasteiger partial charge is 0.289 e. The van der Waals surface area contributed by atoms with Crippen LogP contribution in [0.25, 0.3) is 11.8 Å². The molecule has 0 saturated carbocycles. The highest BCUT2D eigenvalue weighted by molar-refractivity contribution is 6.07. The molecule has 2 aromatic carbocycles. The first-order chi connectivity index (χ1) is 11.9. The van der Waals surface area contributed by atoms with Crippen molar-refractivity contribution in [2.45, 2.75) is 6.18 Å². The lowest BCUT2D eigenvalue weighted by molar-refractivity contribution is -0.137. The van der Waals surface area contributed by atoms with E-state index in [1.807, 2.05) is 0 Å². The number of carbonyl (C=O) groups is 1. The zero-order valence-corrected chi connectivity index (χ0v) is 12.7. The van der Waals surface area contributed by atoms with Crippen LogP contribution in [0.2, 0.25) is 0 Å². The van der Waals surface area contributed by atoms with Crippen LogP contribution in [-0.2, 0) is 6.18 Å². The van der Waals surface area contributed by atoms with Crippen LogP contribution in [0.1, 0.15) is 21.5 Å². The molecule has 0 aliphatic heterocycles. The molecule has 1 aromatic heterocycles. The van der Waals surface area contributed by atoms with E-state index in [4.69, 9.17) is 0 Å². The van der Waals surface area contributed by atoms with Gasteiger partial charge in [-0.3, -0.25) is 4.79 Å². The molecule has 0 saturated heterocycles. The summed E-state index contributed by atoms with van der Waals surface area (Å²) in [5.74, 6) is -0.424. The van der Waals surface area contributed by atoms with Gasteiger partial charge in [-0.2, -0.15) is 13.2 Å². The number of nitrogens with zero attached hydrogens (tertiary/aromatic N) is 4. The van der Waals surface area contributed by atoms with Crippen LogP contribution in [0.15, 0.2) is 60.9 Å². The van der Waals surface area contributed by atoms with E-state index in [9.17, 15) is 18.0 Å². The van der Waals surface area contributed by atoms with Crippen LogP contribution in [0.4, 0.5) is 13.2 Å². The molecule has 0 spiro atoms. The van der Waals surface area contributed by atoms with Crippen LogP contribution < -0.4 is 0 Å². The molecule has 0 amide bonds. The van der Waals surface area contributed by atoms with E-state index in [-0.39, 0.29) is 5.56 Å². The van der Waals surface area contributed by atoms with Gasteiger partial charge in [0.05, 0.1) is 11.3 Å². The lowest BCUT2D eigenvalue weighted by Gasteiger charge is -2.09. The Bertz CT molecular complexity index is 918. The van der Waals surface area contributed by atoms with E-state index in [0.717, 1.165) is 18.2 Å². The first kappa shape index (κ1) is 16.6. The van der Waals surface area contributed by atoms with Gasteiger partial charge in [-0.1, -0.05) is 36.4 Å².